The van der Waals surface area contributed by atoms with E-state index in [1.165, 1.54) is 18.5 Å². The van der Waals surface area contributed by atoms with E-state index >= 15 is 0 Å². The Kier molecular flexibility index (Phi) is 4.97. The van der Waals surface area contributed by atoms with Crippen molar-refractivity contribution < 1.29 is 13.9 Å². The molecule has 0 amide bonds. The number of fused-ring (bicyclic) bond motifs is 3. The maximum Gasteiger partial charge on any atom is 0.226 e. The molecule has 34 heavy (non-hydrogen) atoms. The Morgan fingerprint density at radius 2 is 1.88 bits per heavy atom. The molecule has 0 saturated heterocycles. The van der Waals surface area contributed by atoms with Gasteiger partial charge in [0.25, 0.3) is 0 Å². The third kappa shape index (κ3) is 3.31. The number of ether oxygens (including phenoxy) is 2. The van der Waals surface area contributed by atoms with Gasteiger partial charge in [-0.2, -0.15) is 10.1 Å². The second-order valence-electron chi connectivity index (χ2n) is 7.96. The Hall–Kier alpha value is -3.55. The van der Waals surface area contributed by atoms with Crippen LogP contribution in [0.25, 0.3) is 5.70 Å². The summed E-state index contributed by atoms with van der Waals surface area (Å²) in [5.41, 5.74) is 3.80. The molecule has 6 nitrogen and oxygen atoms in total. The first-order valence-corrected chi connectivity index (χ1v) is 11.2. The van der Waals surface area contributed by atoms with Crippen molar-refractivity contribution in [3.63, 3.8) is 0 Å². The largest absolute Gasteiger partial charge is 0.497 e. The number of hydrogen-bond donors (Lipinski definition) is 1. The van der Waals surface area contributed by atoms with E-state index in [1.54, 1.807) is 30.0 Å². The monoisotopic (exact) mass is 494 g/mol. The van der Waals surface area contributed by atoms with Crippen molar-refractivity contribution in [2.24, 2.45) is 0 Å². The number of aromatic nitrogens is 3. The zero-order valence-corrected chi connectivity index (χ0v) is 19.3. The maximum absolute atomic E-state index is 14.3. The SMILES string of the molecule is COc1ccc([C@H]2Oc3ccc(F)cc3C3=C2[C@H](c2ccc(Cl)cc2Cl)n2ncnc2N3)cc1. The van der Waals surface area contributed by atoms with Crippen LogP contribution in [-0.2, 0) is 0 Å². The molecule has 0 bridgehead atoms. The van der Waals surface area contributed by atoms with Crippen LogP contribution in [-0.4, -0.2) is 21.9 Å². The lowest BCUT2D eigenvalue weighted by atomic mass is 9.84. The molecule has 2 atom stereocenters. The van der Waals surface area contributed by atoms with Gasteiger partial charge in [-0.3, -0.25) is 0 Å². The Morgan fingerprint density at radius 3 is 2.65 bits per heavy atom. The molecular formula is C25H17Cl2FN4O2. The minimum atomic E-state index is -0.513. The van der Waals surface area contributed by atoms with Gasteiger partial charge in [-0.25, -0.2) is 9.07 Å². The molecule has 1 aromatic heterocycles. The van der Waals surface area contributed by atoms with Crippen molar-refractivity contribution in [2.75, 3.05) is 12.4 Å². The van der Waals surface area contributed by atoms with Crippen molar-refractivity contribution in [2.45, 2.75) is 12.1 Å². The molecule has 0 radical (unpaired) electrons. The van der Waals surface area contributed by atoms with Gasteiger partial charge < -0.3 is 14.8 Å². The molecule has 0 saturated carbocycles. The number of benzene rings is 3. The van der Waals surface area contributed by atoms with Crippen molar-refractivity contribution in [1.29, 1.82) is 0 Å². The standard InChI is InChI=1S/C25H17Cl2FN4O2/c1-33-16-6-2-13(3-7-16)24-21-22(18-11-15(28)5-9-20(18)34-24)31-25-29-12-30-32(25)23(21)17-8-4-14(26)10-19(17)27/h2-12,23-24H,1H3,(H,29,30,31)/t23-,24+/m0/s1. The fraction of sp³-hybridized carbons (Fsp3) is 0.120. The number of anilines is 1. The lowest BCUT2D eigenvalue weighted by Gasteiger charge is -2.39. The smallest absolute Gasteiger partial charge is 0.226 e. The highest BCUT2D eigenvalue weighted by Gasteiger charge is 2.41. The number of halogens is 3. The van der Waals surface area contributed by atoms with Gasteiger partial charge in [-0.15, -0.1) is 0 Å². The highest BCUT2D eigenvalue weighted by Crippen LogP contribution is 2.51. The second-order valence-corrected chi connectivity index (χ2v) is 8.81. The summed E-state index contributed by atoms with van der Waals surface area (Å²) < 4.78 is 27.9. The molecule has 3 heterocycles. The first-order chi connectivity index (χ1) is 16.5. The number of hydrogen-bond acceptors (Lipinski definition) is 5. The van der Waals surface area contributed by atoms with Crippen molar-refractivity contribution in [1.82, 2.24) is 14.8 Å². The van der Waals surface area contributed by atoms with E-state index in [0.717, 1.165) is 22.4 Å². The highest BCUT2D eigenvalue weighted by molar-refractivity contribution is 6.35. The molecule has 0 spiro atoms. The van der Waals surface area contributed by atoms with Crippen molar-refractivity contribution in [3.05, 3.63) is 105 Å². The molecule has 0 unspecified atom stereocenters. The van der Waals surface area contributed by atoms with E-state index in [-0.39, 0.29) is 5.82 Å². The summed E-state index contributed by atoms with van der Waals surface area (Å²) in [6.45, 7) is 0. The minimum Gasteiger partial charge on any atom is -0.497 e. The highest BCUT2D eigenvalue weighted by atomic mass is 35.5. The summed E-state index contributed by atoms with van der Waals surface area (Å²) in [5.74, 6) is 1.43. The predicted molar refractivity (Wildman–Crippen MR) is 128 cm³/mol. The molecule has 2 aliphatic rings. The van der Waals surface area contributed by atoms with Crippen LogP contribution >= 0.6 is 23.2 Å². The van der Waals surface area contributed by atoms with Crippen LogP contribution in [0.1, 0.15) is 28.8 Å². The normalized spacial score (nSPS) is 18.4. The fourth-order valence-electron chi connectivity index (χ4n) is 4.52. The molecule has 1 N–H and O–H groups in total. The Balaban J connectivity index is 1.63. The van der Waals surface area contributed by atoms with Gasteiger partial charge in [0.05, 0.1) is 12.8 Å². The van der Waals surface area contributed by atoms with Crippen LogP contribution in [0, 0.1) is 5.82 Å². The van der Waals surface area contributed by atoms with Gasteiger partial charge in [-0.1, -0.05) is 41.4 Å². The molecule has 6 rings (SSSR count). The zero-order valence-electron chi connectivity index (χ0n) is 17.8. The second kappa shape index (κ2) is 8.04. The van der Waals surface area contributed by atoms with Crippen molar-refractivity contribution >= 4 is 34.8 Å². The Labute approximate surface area is 204 Å². The molecule has 2 aliphatic heterocycles. The summed E-state index contributed by atoms with van der Waals surface area (Å²) >= 11 is 12.9. The van der Waals surface area contributed by atoms with Gasteiger partial charge in [0, 0.05) is 21.2 Å². The molecule has 0 fully saturated rings. The predicted octanol–water partition coefficient (Wildman–Crippen LogP) is 6.29. The molecule has 3 aromatic carbocycles. The van der Waals surface area contributed by atoms with Crippen LogP contribution in [0.3, 0.4) is 0 Å². The molecule has 170 valence electrons. The molecule has 4 aromatic rings. The Bertz CT molecular complexity index is 1450. The number of methoxy groups -OCH3 is 1. The average Bonchev–Trinajstić information content (AvgIpc) is 3.31. The van der Waals surface area contributed by atoms with E-state index in [1.807, 2.05) is 30.3 Å². The summed E-state index contributed by atoms with van der Waals surface area (Å²) in [6.07, 6.45) is 0.952. The zero-order chi connectivity index (χ0) is 23.4. The van der Waals surface area contributed by atoms with Crippen LogP contribution in [0.4, 0.5) is 10.3 Å². The fourth-order valence-corrected chi connectivity index (χ4v) is 5.03. The summed E-state index contributed by atoms with van der Waals surface area (Å²) in [7, 11) is 1.62. The number of nitrogens with one attached hydrogen (secondary N) is 1. The van der Waals surface area contributed by atoms with Gasteiger partial charge in [0.15, 0.2) is 0 Å². The van der Waals surface area contributed by atoms with Crippen LogP contribution in [0.15, 0.2) is 72.6 Å². The third-order valence-corrected chi connectivity index (χ3v) is 6.61. The quantitative estimate of drug-likeness (QED) is 0.362. The Morgan fingerprint density at radius 1 is 1.06 bits per heavy atom. The van der Waals surface area contributed by atoms with Gasteiger partial charge in [-0.05, 0) is 53.6 Å². The van der Waals surface area contributed by atoms with Gasteiger partial charge in [0.1, 0.15) is 35.8 Å². The average molecular weight is 495 g/mol. The molecule has 0 aliphatic carbocycles. The number of nitrogens with zero attached hydrogens (tertiary/aromatic N) is 3. The maximum atomic E-state index is 14.3. The number of rotatable bonds is 3. The third-order valence-electron chi connectivity index (χ3n) is 6.05. The van der Waals surface area contributed by atoms with Crippen LogP contribution in [0.2, 0.25) is 10.0 Å². The minimum absolute atomic E-state index is 0.369. The first-order valence-electron chi connectivity index (χ1n) is 10.5. The summed E-state index contributed by atoms with van der Waals surface area (Å²) in [4.78, 5) is 4.37. The van der Waals surface area contributed by atoms with Gasteiger partial charge >= 0.3 is 0 Å². The van der Waals surface area contributed by atoms with Crippen LogP contribution < -0.4 is 14.8 Å². The van der Waals surface area contributed by atoms with E-state index in [4.69, 9.17) is 32.7 Å². The first kappa shape index (κ1) is 21.0. The summed E-state index contributed by atoms with van der Waals surface area (Å²) in [5, 5.41) is 8.81. The molecular weight excluding hydrogens is 478 g/mol. The summed E-state index contributed by atoms with van der Waals surface area (Å²) in [6, 6.07) is 17.0. The van der Waals surface area contributed by atoms with Crippen LogP contribution in [0.5, 0.6) is 11.5 Å². The van der Waals surface area contributed by atoms with E-state index in [9.17, 15) is 4.39 Å². The van der Waals surface area contributed by atoms with Gasteiger partial charge in [0.2, 0.25) is 5.95 Å². The topological polar surface area (TPSA) is 61.2 Å². The molecule has 9 heteroatoms. The van der Waals surface area contributed by atoms with E-state index in [2.05, 4.69) is 15.4 Å². The van der Waals surface area contributed by atoms with E-state index in [0.29, 0.717) is 33.0 Å². The van der Waals surface area contributed by atoms with E-state index < -0.39 is 12.1 Å². The lowest BCUT2D eigenvalue weighted by Crippen LogP contribution is -2.32. The van der Waals surface area contributed by atoms with Crippen molar-refractivity contribution in [3.8, 4) is 11.5 Å². The lowest BCUT2D eigenvalue weighted by molar-refractivity contribution is 0.222.